The molecule has 1 aliphatic heterocycles. The smallest absolute Gasteiger partial charge is 0.317 e. The molecule has 1 saturated heterocycles. The van der Waals surface area contributed by atoms with Crippen molar-refractivity contribution in [1.29, 1.82) is 0 Å². The monoisotopic (exact) mass is 279 g/mol. The van der Waals surface area contributed by atoms with Crippen LogP contribution in [0.2, 0.25) is 0 Å². The summed E-state index contributed by atoms with van der Waals surface area (Å²) >= 11 is 0. The lowest BCUT2D eigenvalue weighted by atomic mass is 10.3. The minimum absolute atomic E-state index is 0.0116. The minimum Gasteiger partial charge on any atom is -0.472 e. The molecule has 1 atom stereocenters. The summed E-state index contributed by atoms with van der Waals surface area (Å²) in [6, 6.07) is 5.62. The average molecular weight is 279 g/mol. The first kappa shape index (κ1) is 14.6. The average Bonchev–Trinajstić information content (AvgIpc) is 2.87. The maximum absolute atomic E-state index is 11.9. The largest absolute Gasteiger partial charge is 0.472 e. The van der Waals surface area contributed by atoms with Crippen molar-refractivity contribution in [1.82, 2.24) is 15.2 Å². The summed E-state index contributed by atoms with van der Waals surface area (Å²) in [5.74, 6) is 0.622. The summed E-state index contributed by atoms with van der Waals surface area (Å²) in [7, 11) is 1.61. The first-order chi connectivity index (χ1) is 9.69. The second kappa shape index (κ2) is 7.09. The fourth-order valence-electron chi connectivity index (χ4n) is 2.14. The van der Waals surface area contributed by atoms with Gasteiger partial charge in [-0.2, -0.15) is 0 Å². The van der Waals surface area contributed by atoms with Crippen molar-refractivity contribution in [2.75, 3.05) is 33.4 Å². The van der Waals surface area contributed by atoms with E-state index in [1.807, 2.05) is 25.1 Å². The van der Waals surface area contributed by atoms with Crippen LogP contribution in [0.1, 0.15) is 12.1 Å². The van der Waals surface area contributed by atoms with Crippen LogP contribution >= 0.6 is 0 Å². The molecule has 2 amide bonds. The highest BCUT2D eigenvalue weighted by molar-refractivity contribution is 5.74. The van der Waals surface area contributed by atoms with Crippen LogP contribution in [0.5, 0.6) is 5.88 Å². The van der Waals surface area contributed by atoms with Gasteiger partial charge in [-0.15, -0.1) is 0 Å². The molecule has 0 saturated carbocycles. The Balaban J connectivity index is 1.78. The van der Waals surface area contributed by atoms with E-state index in [0.29, 0.717) is 32.1 Å². The van der Waals surface area contributed by atoms with Crippen LogP contribution in [0.4, 0.5) is 4.79 Å². The Bertz CT molecular complexity index is 453. The van der Waals surface area contributed by atoms with Gasteiger partial charge in [-0.25, -0.2) is 9.78 Å². The van der Waals surface area contributed by atoms with Gasteiger partial charge in [-0.1, -0.05) is 6.07 Å². The highest BCUT2D eigenvalue weighted by Gasteiger charge is 2.27. The zero-order valence-corrected chi connectivity index (χ0v) is 12.0. The van der Waals surface area contributed by atoms with Gasteiger partial charge in [0, 0.05) is 38.4 Å². The Morgan fingerprint density at radius 2 is 2.40 bits per heavy atom. The van der Waals surface area contributed by atoms with Gasteiger partial charge in [-0.3, -0.25) is 0 Å². The third kappa shape index (κ3) is 4.09. The zero-order chi connectivity index (χ0) is 14.4. The van der Waals surface area contributed by atoms with Crippen molar-refractivity contribution in [2.24, 2.45) is 0 Å². The van der Waals surface area contributed by atoms with Gasteiger partial charge in [-0.05, 0) is 13.0 Å². The van der Waals surface area contributed by atoms with Crippen LogP contribution in [-0.4, -0.2) is 55.4 Å². The van der Waals surface area contributed by atoms with Gasteiger partial charge in [0.1, 0.15) is 6.10 Å². The van der Waals surface area contributed by atoms with Crippen LogP contribution in [0.3, 0.4) is 0 Å². The number of methoxy groups -OCH3 is 1. The van der Waals surface area contributed by atoms with E-state index < -0.39 is 0 Å². The van der Waals surface area contributed by atoms with Crippen LogP contribution in [-0.2, 0) is 4.74 Å². The van der Waals surface area contributed by atoms with E-state index in [-0.39, 0.29) is 12.1 Å². The fraction of sp³-hybridized carbons (Fsp3) is 0.571. The van der Waals surface area contributed by atoms with Crippen molar-refractivity contribution < 1.29 is 14.3 Å². The number of aromatic nitrogens is 1. The number of amides is 2. The molecule has 1 fully saturated rings. The molecule has 0 spiro atoms. The predicted molar refractivity (Wildman–Crippen MR) is 74.9 cm³/mol. The Morgan fingerprint density at radius 3 is 3.15 bits per heavy atom. The van der Waals surface area contributed by atoms with Gasteiger partial charge < -0.3 is 19.7 Å². The molecule has 0 radical (unpaired) electrons. The highest BCUT2D eigenvalue weighted by Crippen LogP contribution is 2.16. The summed E-state index contributed by atoms with van der Waals surface area (Å²) in [4.78, 5) is 17.9. The first-order valence-electron chi connectivity index (χ1n) is 6.81. The molecule has 2 heterocycles. The number of nitrogens with zero attached hydrogens (tertiary/aromatic N) is 2. The van der Waals surface area contributed by atoms with Crippen LogP contribution < -0.4 is 10.1 Å². The van der Waals surface area contributed by atoms with Crippen LogP contribution in [0.25, 0.3) is 0 Å². The number of hydrogen-bond donors (Lipinski definition) is 1. The van der Waals surface area contributed by atoms with Crippen molar-refractivity contribution in [3.8, 4) is 5.88 Å². The molecule has 1 aromatic rings. The second-order valence-electron chi connectivity index (χ2n) is 4.82. The lowest BCUT2D eigenvalue weighted by Crippen LogP contribution is -2.40. The van der Waals surface area contributed by atoms with Gasteiger partial charge in [0.2, 0.25) is 5.88 Å². The summed E-state index contributed by atoms with van der Waals surface area (Å²) in [6.45, 7) is 4.27. The fourth-order valence-corrected chi connectivity index (χ4v) is 2.14. The van der Waals surface area contributed by atoms with E-state index >= 15 is 0 Å². The second-order valence-corrected chi connectivity index (χ2v) is 4.82. The molecule has 0 aromatic carbocycles. The lowest BCUT2D eigenvalue weighted by Gasteiger charge is -2.17. The molecule has 6 heteroatoms. The van der Waals surface area contributed by atoms with Crippen molar-refractivity contribution in [3.63, 3.8) is 0 Å². The Morgan fingerprint density at radius 1 is 1.55 bits per heavy atom. The Labute approximate surface area is 119 Å². The van der Waals surface area contributed by atoms with Crippen molar-refractivity contribution in [3.05, 3.63) is 23.9 Å². The molecular formula is C14H21N3O3. The number of aryl methyl sites for hydroxylation is 1. The van der Waals surface area contributed by atoms with Crippen LogP contribution in [0, 0.1) is 6.92 Å². The number of hydrogen-bond acceptors (Lipinski definition) is 4. The summed E-state index contributed by atoms with van der Waals surface area (Å²) in [6.07, 6.45) is 0.838. The molecule has 1 aliphatic rings. The van der Waals surface area contributed by atoms with Gasteiger partial charge in [0.05, 0.1) is 13.2 Å². The van der Waals surface area contributed by atoms with Gasteiger partial charge in [0.15, 0.2) is 0 Å². The van der Waals surface area contributed by atoms with Crippen molar-refractivity contribution >= 4 is 6.03 Å². The van der Waals surface area contributed by atoms with E-state index in [9.17, 15) is 4.79 Å². The normalized spacial score (nSPS) is 18.1. The quantitative estimate of drug-likeness (QED) is 0.823. The summed E-state index contributed by atoms with van der Waals surface area (Å²) in [5.41, 5.74) is 0.926. The number of pyridine rings is 1. The predicted octanol–water partition coefficient (Wildman–Crippen LogP) is 1.20. The van der Waals surface area contributed by atoms with E-state index in [2.05, 4.69) is 10.3 Å². The third-order valence-electron chi connectivity index (χ3n) is 3.16. The Hall–Kier alpha value is -1.82. The third-order valence-corrected chi connectivity index (χ3v) is 3.16. The molecule has 2 rings (SSSR count). The molecule has 0 bridgehead atoms. The minimum atomic E-state index is -0.0645. The first-order valence-corrected chi connectivity index (χ1v) is 6.81. The maximum atomic E-state index is 11.9. The number of urea groups is 1. The Kier molecular flexibility index (Phi) is 5.17. The van der Waals surface area contributed by atoms with E-state index in [1.165, 1.54) is 0 Å². The zero-order valence-electron chi connectivity index (χ0n) is 12.0. The maximum Gasteiger partial charge on any atom is 0.317 e. The number of rotatable bonds is 5. The van der Waals surface area contributed by atoms with Gasteiger partial charge in [0.25, 0.3) is 0 Å². The molecule has 1 unspecified atom stereocenters. The topological polar surface area (TPSA) is 63.7 Å². The molecule has 1 aromatic heterocycles. The van der Waals surface area contributed by atoms with Crippen molar-refractivity contribution in [2.45, 2.75) is 19.4 Å². The number of ether oxygens (including phenoxy) is 2. The lowest BCUT2D eigenvalue weighted by molar-refractivity contribution is 0.174. The molecule has 1 N–H and O–H groups in total. The number of nitrogens with one attached hydrogen (secondary N) is 1. The molecular weight excluding hydrogens is 258 g/mol. The van der Waals surface area contributed by atoms with E-state index in [0.717, 1.165) is 12.1 Å². The molecule has 0 aliphatic carbocycles. The van der Waals surface area contributed by atoms with E-state index in [4.69, 9.17) is 9.47 Å². The standard InChI is InChI=1S/C14H21N3O3/c1-11-4-3-5-13(16-11)20-12-6-8-17(10-12)14(18)15-7-9-19-2/h3-5,12H,6-10H2,1-2H3,(H,15,18). The summed E-state index contributed by atoms with van der Waals surface area (Å²) < 4.78 is 10.7. The number of carbonyl (C=O) groups excluding carboxylic acids is 1. The van der Waals surface area contributed by atoms with Gasteiger partial charge >= 0.3 is 6.03 Å². The number of likely N-dealkylation sites (tertiary alicyclic amines) is 1. The molecule has 20 heavy (non-hydrogen) atoms. The SMILES string of the molecule is COCCNC(=O)N1CCC(Oc2cccc(C)n2)C1. The summed E-state index contributed by atoms with van der Waals surface area (Å²) in [5, 5.41) is 2.81. The highest BCUT2D eigenvalue weighted by atomic mass is 16.5. The molecule has 110 valence electrons. The van der Waals surface area contributed by atoms with E-state index in [1.54, 1.807) is 12.0 Å². The molecule has 6 nitrogen and oxygen atoms in total. The van der Waals surface area contributed by atoms with Crippen LogP contribution in [0.15, 0.2) is 18.2 Å². The number of carbonyl (C=O) groups is 1.